The van der Waals surface area contributed by atoms with E-state index in [4.69, 9.17) is 4.98 Å². The Hall–Kier alpha value is -4.24. The van der Waals surface area contributed by atoms with Crippen molar-refractivity contribution in [3.63, 3.8) is 0 Å². The predicted molar refractivity (Wildman–Crippen MR) is 127 cm³/mol. The quantitative estimate of drug-likeness (QED) is 0.299. The number of fused-ring (bicyclic) bond motifs is 7. The van der Waals surface area contributed by atoms with E-state index in [9.17, 15) is 4.79 Å². The zero-order valence-electron chi connectivity index (χ0n) is 17.2. The van der Waals surface area contributed by atoms with Gasteiger partial charge in [0.05, 0.1) is 11.4 Å². The van der Waals surface area contributed by atoms with Crippen LogP contribution in [-0.2, 0) is 6.42 Å². The number of hydrogen-bond donors (Lipinski definition) is 0. The van der Waals surface area contributed by atoms with E-state index in [0.717, 1.165) is 57.0 Å². The molecule has 3 aliphatic carbocycles. The molecular weight excluding hydrogens is 392 g/mol. The highest BCUT2D eigenvalue weighted by Crippen LogP contribution is 2.48. The molecule has 0 bridgehead atoms. The molecule has 0 saturated carbocycles. The van der Waals surface area contributed by atoms with E-state index in [1.807, 2.05) is 36.5 Å². The first kappa shape index (κ1) is 17.4. The van der Waals surface area contributed by atoms with Gasteiger partial charge >= 0.3 is 0 Å². The number of carbonyl (C=O) groups is 1. The number of benzene rings is 2. The Bertz CT molecular complexity index is 1490. The maximum Gasteiger partial charge on any atom is 0.195 e. The summed E-state index contributed by atoms with van der Waals surface area (Å²) in [5.74, 6) is 0.857. The van der Waals surface area contributed by atoms with Crippen molar-refractivity contribution in [3.05, 3.63) is 119 Å². The summed E-state index contributed by atoms with van der Waals surface area (Å²) < 4.78 is 0. The summed E-state index contributed by atoms with van der Waals surface area (Å²) in [5, 5.41) is 0. The van der Waals surface area contributed by atoms with Crippen LogP contribution in [0.15, 0.2) is 97.2 Å². The second-order valence-electron chi connectivity index (χ2n) is 8.40. The lowest BCUT2D eigenvalue weighted by atomic mass is 9.95. The number of anilines is 3. The molecule has 150 valence electrons. The van der Waals surface area contributed by atoms with E-state index in [-0.39, 0.29) is 5.78 Å². The molecule has 3 heteroatoms. The van der Waals surface area contributed by atoms with Crippen LogP contribution in [0.1, 0.15) is 27.0 Å². The minimum Gasteiger partial charge on any atom is -0.294 e. The first-order valence-electron chi connectivity index (χ1n) is 10.8. The van der Waals surface area contributed by atoms with E-state index in [1.165, 1.54) is 11.1 Å². The van der Waals surface area contributed by atoms with Crippen LogP contribution in [0.5, 0.6) is 0 Å². The lowest BCUT2D eigenvalue weighted by Crippen LogP contribution is -2.19. The summed E-state index contributed by atoms with van der Waals surface area (Å²) in [5.41, 5.74) is 10.3. The standard InChI is InChI=1S/C29H18N2O/c32-29-23-16-27(30-17-24(23)22-15-18-8-2-1-3-11-21(18)28(22)29)31-25-12-6-4-9-19(25)14-20-10-5-7-13-26(20)31/h1-13,15-17H,14H2. The van der Waals surface area contributed by atoms with E-state index >= 15 is 0 Å². The molecular formula is C29H18N2O. The molecule has 0 unspecified atom stereocenters. The number of nitrogens with zero attached hydrogens (tertiary/aromatic N) is 2. The van der Waals surface area contributed by atoms with E-state index in [1.54, 1.807) is 0 Å². The van der Waals surface area contributed by atoms with Gasteiger partial charge in [0.25, 0.3) is 0 Å². The molecule has 7 rings (SSSR count). The van der Waals surface area contributed by atoms with Crippen molar-refractivity contribution in [2.24, 2.45) is 0 Å². The number of para-hydroxylation sites is 2. The third kappa shape index (κ3) is 2.31. The molecule has 2 heterocycles. The van der Waals surface area contributed by atoms with Crippen molar-refractivity contribution >= 4 is 23.0 Å². The Morgan fingerprint density at radius 2 is 1.34 bits per heavy atom. The number of carbonyl (C=O) groups excluding carboxylic acids is 1. The highest BCUT2D eigenvalue weighted by molar-refractivity contribution is 6.26. The largest absolute Gasteiger partial charge is 0.294 e. The van der Waals surface area contributed by atoms with Crippen molar-refractivity contribution in [2.45, 2.75) is 6.42 Å². The molecule has 0 radical (unpaired) electrons. The molecule has 0 fully saturated rings. The molecule has 0 saturated heterocycles. The maximum absolute atomic E-state index is 13.5. The Labute approximate surface area is 185 Å². The maximum atomic E-state index is 13.5. The molecule has 32 heavy (non-hydrogen) atoms. The summed E-state index contributed by atoms with van der Waals surface area (Å²) >= 11 is 0. The van der Waals surface area contributed by atoms with Gasteiger partial charge in [-0.15, -0.1) is 0 Å². The summed E-state index contributed by atoms with van der Waals surface area (Å²) in [6.07, 6.45) is 2.76. The predicted octanol–water partition coefficient (Wildman–Crippen LogP) is 6.77. The number of rotatable bonds is 1. The van der Waals surface area contributed by atoms with Crippen LogP contribution in [0.2, 0.25) is 0 Å². The zero-order valence-corrected chi connectivity index (χ0v) is 17.2. The summed E-state index contributed by atoms with van der Waals surface area (Å²) in [7, 11) is 0. The first-order chi connectivity index (χ1) is 15.8. The molecule has 0 amide bonds. The van der Waals surface area contributed by atoms with Crippen LogP contribution in [-0.4, -0.2) is 10.8 Å². The fourth-order valence-electron chi connectivity index (χ4n) is 5.19. The second kappa shape index (κ2) is 6.38. The number of ketones is 1. The number of aromatic nitrogens is 1. The Morgan fingerprint density at radius 3 is 2.12 bits per heavy atom. The second-order valence-corrected chi connectivity index (χ2v) is 8.40. The van der Waals surface area contributed by atoms with Gasteiger partial charge in [-0.2, -0.15) is 0 Å². The van der Waals surface area contributed by atoms with E-state index in [2.05, 4.69) is 65.6 Å². The zero-order chi connectivity index (χ0) is 21.2. The van der Waals surface area contributed by atoms with Crippen LogP contribution in [0.25, 0.3) is 22.3 Å². The molecule has 0 N–H and O–H groups in total. The van der Waals surface area contributed by atoms with Gasteiger partial charge in [0, 0.05) is 29.3 Å². The Balaban J connectivity index is 1.43. The summed E-state index contributed by atoms with van der Waals surface area (Å²) in [6.45, 7) is 0. The van der Waals surface area contributed by atoms with E-state index < -0.39 is 0 Å². The van der Waals surface area contributed by atoms with Gasteiger partial charge in [0.2, 0.25) is 0 Å². The fraction of sp³-hybridized carbons (Fsp3) is 0.0345. The van der Waals surface area contributed by atoms with Crippen LogP contribution in [0, 0.1) is 0 Å². The molecule has 1 aromatic heterocycles. The molecule has 0 spiro atoms. The molecule has 3 nitrogen and oxygen atoms in total. The molecule has 1 aliphatic heterocycles. The van der Waals surface area contributed by atoms with Crippen molar-refractivity contribution in [1.82, 2.24) is 4.98 Å². The smallest absolute Gasteiger partial charge is 0.195 e. The highest BCUT2D eigenvalue weighted by atomic mass is 16.1. The molecule has 2 aromatic carbocycles. The van der Waals surface area contributed by atoms with Crippen LogP contribution < -0.4 is 4.90 Å². The van der Waals surface area contributed by atoms with Crippen molar-refractivity contribution in [1.29, 1.82) is 0 Å². The normalized spacial score (nSPS) is 13.5. The monoisotopic (exact) mass is 410 g/mol. The van der Waals surface area contributed by atoms with Gasteiger partial charge in [0.1, 0.15) is 5.82 Å². The lowest BCUT2D eigenvalue weighted by Gasteiger charge is -2.32. The Kier molecular flexibility index (Phi) is 3.48. The average molecular weight is 410 g/mol. The van der Waals surface area contributed by atoms with E-state index in [0.29, 0.717) is 0 Å². The van der Waals surface area contributed by atoms with Gasteiger partial charge < -0.3 is 0 Å². The molecule has 3 aromatic rings. The number of hydrogen-bond acceptors (Lipinski definition) is 3. The van der Waals surface area contributed by atoms with Crippen LogP contribution >= 0.6 is 0 Å². The first-order valence-corrected chi connectivity index (χ1v) is 10.8. The van der Waals surface area contributed by atoms with Crippen molar-refractivity contribution in [3.8, 4) is 22.3 Å². The SMILES string of the molecule is O=C1c2cc(N3c4ccccc4Cc4ccccc43)ncc2-c2cc3cccccc-3c21. The van der Waals surface area contributed by atoms with Crippen LogP contribution in [0.3, 0.4) is 0 Å². The van der Waals surface area contributed by atoms with Gasteiger partial charge in [-0.25, -0.2) is 4.98 Å². The lowest BCUT2D eigenvalue weighted by molar-refractivity contribution is 0.104. The summed E-state index contributed by atoms with van der Waals surface area (Å²) in [6, 6.07) is 31.0. The van der Waals surface area contributed by atoms with Crippen molar-refractivity contribution in [2.75, 3.05) is 4.90 Å². The van der Waals surface area contributed by atoms with Gasteiger partial charge in [0.15, 0.2) is 5.78 Å². The average Bonchev–Trinajstić information content (AvgIpc) is 3.21. The topological polar surface area (TPSA) is 33.2 Å². The minimum atomic E-state index is 0.0819. The molecule has 4 aliphatic rings. The minimum absolute atomic E-state index is 0.0819. The van der Waals surface area contributed by atoms with Gasteiger partial charge in [-0.1, -0.05) is 66.7 Å². The third-order valence-corrected chi connectivity index (χ3v) is 6.64. The fourth-order valence-corrected chi connectivity index (χ4v) is 5.19. The molecule has 0 atom stereocenters. The van der Waals surface area contributed by atoms with Gasteiger partial charge in [-0.05, 0) is 52.1 Å². The van der Waals surface area contributed by atoms with Gasteiger partial charge in [-0.3, -0.25) is 9.69 Å². The highest BCUT2D eigenvalue weighted by Gasteiger charge is 2.34. The van der Waals surface area contributed by atoms with Crippen molar-refractivity contribution < 1.29 is 4.79 Å². The summed E-state index contributed by atoms with van der Waals surface area (Å²) in [4.78, 5) is 20.6. The van der Waals surface area contributed by atoms with Crippen LogP contribution in [0.4, 0.5) is 17.2 Å². The Morgan fingerprint density at radius 1 is 0.656 bits per heavy atom. The number of pyridine rings is 1. The third-order valence-electron chi connectivity index (χ3n) is 6.64.